The summed E-state index contributed by atoms with van der Waals surface area (Å²) in [5.74, 6) is -3.46. The number of rotatable bonds is 6. The van der Waals surface area contributed by atoms with E-state index < -0.39 is 36.5 Å². The largest absolute Gasteiger partial charge is 0.381 e. The number of fused-ring (bicyclic) bond motifs is 1. The molecule has 0 spiro atoms. The third-order valence-electron chi connectivity index (χ3n) is 6.90. The number of anilines is 1. The third-order valence-corrected chi connectivity index (χ3v) is 6.90. The standard InChI is InChI=1S/C29H35FN4O4/c1-28(2)16-33(17-29(3,4)38-28)14-19-8-5-7-18(25(19)30)13-31-22-10-6-9-20-21(22)15-34(27(20)37)23-11-12-24(35)32-26(23)36/h5-10,23,31H,11-17H2,1-4H3,(H,32,35,36)/i11D2,12D2. The molecular formula is C29H35FN4O4. The van der Waals surface area contributed by atoms with Gasteiger partial charge in [0.15, 0.2) is 0 Å². The van der Waals surface area contributed by atoms with Crippen molar-refractivity contribution in [1.29, 1.82) is 0 Å². The summed E-state index contributed by atoms with van der Waals surface area (Å²) in [6.45, 7) is 9.73. The SMILES string of the molecule is [2H]C1([2H])C(=O)NC(=O)C(N2Cc3c(NCc4cccc(CN5CC(C)(C)OC(C)(C)C5)c4F)cccc3C2=O)C1([2H])[2H]. The second-order valence-electron chi connectivity index (χ2n) is 11.3. The summed E-state index contributed by atoms with van der Waals surface area (Å²) in [7, 11) is 0. The Bertz CT molecular complexity index is 1450. The van der Waals surface area contributed by atoms with Gasteiger partial charge in [-0.25, -0.2) is 4.39 Å². The Balaban J connectivity index is 1.34. The second kappa shape index (κ2) is 9.78. The van der Waals surface area contributed by atoms with Crippen molar-refractivity contribution in [3.8, 4) is 0 Å². The molecule has 0 radical (unpaired) electrons. The van der Waals surface area contributed by atoms with Gasteiger partial charge in [-0.3, -0.25) is 24.6 Å². The van der Waals surface area contributed by atoms with Crippen LogP contribution < -0.4 is 10.6 Å². The van der Waals surface area contributed by atoms with E-state index in [0.29, 0.717) is 42.0 Å². The number of imide groups is 1. The van der Waals surface area contributed by atoms with Gasteiger partial charge >= 0.3 is 0 Å². The van der Waals surface area contributed by atoms with Crippen molar-refractivity contribution in [2.75, 3.05) is 18.4 Å². The summed E-state index contributed by atoms with van der Waals surface area (Å²) in [5, 5.41) is 5.04. The summed E-state index contributed by atoms with van der Waals surface area (Å²) < 4.78 is 54.3. The Morgan fingerprint density at radius 1 is 1.08 bits per heavy atom. The van der Waals surface area contributed by atoms with Crippen LogP contribution in [-0.2, 0) is 34.0 Å². The summed E-state index contributed by atoms with van der Waals surface area (Å²) in [6.07, 6.45) is -6.00. The first-order valence-electron chi connectivity index (χ1n) is 14.6. The minimum absolute atomic E-state index is 0.103. The van der Waals surface area contributed by atoms with E-state index in [-0.39, 0.29) is 35.7 Å². The van der Waals surface area contributed by atoms with Crippen LogP contribution in [0.25, 0.3) is 0 Å². The number of halogens is 1. The van der Waals surface area contributed by atoms with Gasteiger partial charge in [0, 0.05) is 72.5 Å². The van der Waals surface area contributed by atoms with Crippen LogP contribution in [0.3, 0.4) is 0 Å². The fourth-order valence-electron chi connectivity index (χ4n) is 5.74. The smallest absolute Gasteiger partial charge is 0.255 e. The lowest BCUT2D eigenvalue weighted by molar-refractivity contribution is -0.182. The van der Waals surface area contributed by atoms with Gasteiger partial charge in [-0.15, -0.1) is 0 Å². The van der Waals surface area contributed by atoms with E-state index in [2.05, 4.69) is 10.2 Å². The molecule has 3 aliphatic rings. The predicted octanol–water partition coefficient (Wildman–Crippen LogP) is 3.59. The van der Waals surface area contributed by atoms with E-state index >= 15 is 4.39 Å². The molecule has 2 aromatic carbocycles. The molecule has 3 heterocycles. The molecule has 3 amide bonds. The number of hydrogen-bond donors (Lipinski definition) is 2. The lowest BCUT2D eigenvalue weighted by atomic mass is 9.98. The molecule has 0 saturated carbocycles. The van der Waals surface area contributed by atoms with E-state index in [1.165, 1.54) is 6.07 Å². The quantitative estimate of drug-likeness (QED) is 0.559. The number of carbonyl (C=O) groups is 3. The van der Waals surface area contributed by atoms with Gasteiger partial charge in [0.2, 0.25) is 11.8 Å². The van der Waals surface area contributed by atoms with Crippen LogP contribution in [0, 0.1) is 5.82 Å². The third kappa shape index (κ3) is 5.31. The van der Waals surface area contributed by atoms with Gasteiger partial charge in [-0.2, -0.15) is 0 Å². The molecule has 0 bridgehead atoms. The van der Waals surface area contributed by atoms with E-state index in [1.54, 1.807) is 30.3 Å². The molecule has 1 unspecified atom stereocenters. The maximum absolute atomic E-state index is 15.7. The maximum Gasteiger partial charge on any atom is 0.255 e. The number of ether oxygens (including phenoxy) is 1. The van der Waals surface area contributed by atoms with Gasteiger partial charge < -0.3 is 15.0 Å². The number of benzene rings is 2. The number of nitrogens with one attached hydrogen (secondary N) is 2. The zero-order chi connectivity index (χ0) is 30.8. The second-order valence-corrected chi connectivity index (χ2v) is 11.3. The molecule has 2 aromatic rings. The average molecular weight is 527 g/mol. The average Bonchev–Trinajstić information content (AvgIpc) is 3.18. The molecule has 38 heavy (non-hydrogen) atoms. The molecule has 0 aliphatic carbocycles. The molecule has 3 aliphatic heterocycles. The van der Waals surface area contributed by atoms with Gasteiger partial charge in [0.1, 0.15) is 11.9 Å². The first-order valence-corrected chi connectivity index (χ1v) is 12.6. The van der Waals surface area contributed by atoms with Crippen molar-refractivity contribution in [2.24, 2.45) is 0 Å². The zero-order valence-electron chi connectivity index (χ0n) is 26.0. The van der Waals surface area contributed by atoms with Crippen LogP contribution in [0.1, 0.15) is 73.0 Å². The van der Waals surface area contributed by atoms with E-state index in [4.69, 9.17) is 10.2 Å². The van der Waals surface area contributed by atoms with Gasteiger partial charge in [0.05, 0.1) is 11.2 Å². The molecule has 8 nitrogen and oxygen atoms in total. The first-order chi connectivity index (χ1) is 19.4. The Kier molecular flexibility index (Phi) is 5.56. The number of carbonyl (C=O) groups excluding carboxylic acids is 3. The number of piperidine rings is 1. The van der Waals surface area contributed by atoms with E-state index in [0.717, 1.165) is 4.90 Å². The van der Waals surface area contributed by atoms with E-state index in [1.807, 2.05) is 33.0 Å². The fourth-order valence-corrected chi connectivity index (χ4v) is 5.74. The molecule has 202 valence electrons. The highest BCUT2D eigenvalue weighted by atomic mass is 19.1. The molecule has 0 aromatic heterocycles. The number of nitrogens with zero attached hydrogens (tertiary/aromatic N) is 2. The van der Waals surface area contributed by atoms with Crippen LogP contribution in [0.2, 0.25) is 0 Å². The summed E-state index contributed by atoms with van der Waals surface area (Å²) in [5.41, 5.74) is 1.43. The Morgan fingerprint density at radius 2 is 1.76 bits per heavy atom. The minimum Gasteiger partial charge on any atom is -0.381 e. The molecule has 1 atom stereocenters. The fraction of sp³-hybridized carbons (Fsp3) is 0.483. The van der Waals surface area contributed by atoms with Crippen molar-refractivity contribution >= 4 is 23.4 Å². The normalized spacial score (nSPS) is 27.0. The van der Waals surface area contributed by atoms with Crippen LogP contribution in [0.4, 0.5) is 10.1 Å². The van der Waals surface area contributed by atoms with Crippen LogP contribution >= 0.6 is 0 Å². The molecule has 9 heteroatoms. The van der Waals surface area contributed by atoms with Crippen molar-refractivity contribution in [2.45, 2.75) is 77.3 Å². The number of amides is 3. The molecule has 2 fully saturated rings. The van der Waals surface area contributed by atoms with Gasteiger partial charge in [-0.05, 0) is 46.2 Å². The maximum atomic E-state index is 15.7. The van der Waals surface area contributed by atoms with Crippen molar-refractivity contribution in [1.82, 2.24) is 15.1 Å². The van der Waals surface area contributed by atoms with E-state index in [9.17, 15) is 14.4 Å². The molecule has 2 saturated heterocycles. The highest BCUT2D eigenvalue weighted by Gasteiger charge is 2.40. The van der Waals surface area contributed by atoms with Crippen molar-refractivity contribution in [3.05, 3.63) is 64.5 Å². The Hall–Kier alpha value is -3.30. The Morgan fingerprint density at radius 3 is 2.50 bits per heavy atom. The summed E-state index contributed by atoms with van der Waals surface area (Å²) in [4.78, 5) is 41.1. The summed E-state index contributed by atoms with van der Waals surface area (Å²) in [6, 6.07) is 8.24. The van der Waals surface area contributed by atoms with Gasteiger partial charge in [0.25, 0.3) is 5.91 Å². The first kappa shape index (κ1) is 21.6. The molecule has 5 rings (SSSR count). The lowest BCUT2D eigenvalue weighted by Crippen LogP contribution is -2.56. The lowest BCUT2D eigenvalue weighted by Gasteiger charge is -2.47. The highest BCUT2D eigenvalue weighted by Crippen LogP contribution is 2.33. The van der Waals surface area contributed by atoms with Crippen molar-refractivity contribution < 1.29 is 29.0 Å². The highest BCUT2D eigenvalue weighted by molar-refractivity contribution is 6.06. The Labute approximate surface area is 228 Å². The predicted molar refractivity (Wildman–Crippen MR) is 141 cm³/mol. The van der Waals surface area contributed by atoms with Crippen LogP contribution in [-0.4, -0.2) is 57.9 Å². The minimum atomic E-state index is -3.03. The monoisotopic (exact) mass is 526 g/mol. The molecule has 2 N–H and O–H groups in total. The zero-order valence-corrected chi connectivity index (χ0v) is 22.0. The summed E-state index contributed by atoms with van der Waals surface area (Å²) >= 11 is 0. The van der Waals surface area contributed by atoms with Crippen molar-refractivity contribution in [3.63, 3.8) is 0 Å². The topological polar surface area (TPSA) is 91.0 Å². The number of morpholine rings is 1. The number of hydrogen-bond acceptors (Lipinski definition) is 6. The van der Waals surface area contributed by atoms with Gasteiger partial charge in [-0.1, -0.05) is 24.3 Å². The van der Waals surface area contributed by atoms with Crippen LogP contribution in [0.5, 0.6) is 0 Å². The van der Waals surface area contributed by atoms with Crippen LogP contribution in [0.15, 0.2) is 36.4 Å². The molecular weight excluding hydrogens is 487 g/mol.